The first kappa shape index (κ1) is 16.4. The van der Waals surface area contributed by atoms with Crippen molar-refractivity contribution in [1.29, 1.82) is 0 Å². The van der Waals surface area contributed by atoms with Crippen molar-refractivity contribution in [2.75, 3.05) is 13.1 Å². The molecular formula is C17H21IN4O. The van der Waals surface area contributed by atoms with E-state index < -0.39 is 0 Å². The third kappa shape index (κ3) is 3.91. The molecule has 0 unspecified atom stereocenters. The van der Waals surface area contributed by atoms with E-state index in [1.54, 1.807) is 4.68 Å². The van der Waals surface area contributed by atoms with Gasteiger partial charge in [0.2, 0.25) is 5.91 Å². The Hall–Kier alpha value is -1.44. The molecule has 3 rings (SSSR count). The molecule has 5 nitrogen and oxygen atoms in total. The Morgan fingerprint density at radius 3 is 2.57 bits per heavy atom. The van der Waals surface area contributed by atoms with E-state index in [2.05, 4.69) is 39.6 Å². The maximum Gasteiger partial charge on any atom is 0.244 e. The molecule has 1 aliphatic rings. The lowest BCUT2D eigenvalue weighted by Gasteiger charge is -2.30. The van der Waals surface area contributed by atoms with Crippen LogP contribution in [-0.4, -0.2) is 38.7 Å². The fourth-order valence-corrected chi connectivity index (χ4v) is 3.14. The number of aryl methyl sites for hydroxylation is 1. The Morgan fingerprint density at radius 2 is 1.91 bits per heavy atom. The van der Waals surface area contributed by atoms with Crippen LogP contribution >= 0.6 is 22.6 Å². The van der Waals surface area contributed by atoms with E-state index >= 15 is 0 Å². The van der Waals surface area contributed by atoms with Crippen molar-refractivity contribution in [3.63, 3.8) is 0 Å². The van der Waals surface area contributed by atoms with Crippen molar-refractivity contribution < 1.29 is 4.79 Å². The molecule has 122 valence electrons. The zero-order chi connectivity index (χ0) is 16.4. The Labute approximate surface area is 150 Å². The number of benzene rings is 1. The number of halogens is 1. The van der Waals surface area contributed by atoms with Gasteiger partial charge in [-0.05, 0) is 60.4 Å². The fourth-order valence-electron chi connectivity index (χ4n) is 2.78. The summed E-state index contributed by atoms with van der Waals surface area (Å²) in [6, 6.07) is 8.08. The lowest BCUT2D eigenvalue weighted by Crippen LogP contribution is -2.40. The molecule has 23 heavy (non-hydrogen) atoms. The number of carbonyl (C=O) groups excluding carboxylic acids is 1. The maximum atomic E-state index is 12.5. The zero-order valence-corrected chi connectivity index (χ0v) is 15.7. The highest BCUT2D eigenvalue weighted by molar-refractivity contribution is 14.1. The van der Waals surface area contributed by atoms with E-state index in [0.717, 1.165) is 43.2 Å². The monoisotopic (exact) mass is 424 g/mol. The average molecular weight is 424 g/mol. The van der Waals surface area contributed by atoms with Crippen LogP contribution in [0.3, 0.4) is 0 Å². The molecule has 0 spiro atoms. The topological polar surface area (TPSA) is 51.0 Å². The Bertz CT molecular complexity index is 687. The van der Waals surface area contributed by atoms with Crippen molar-refractivity contribution in [2.45, 2.75) is 33.2 Å². The van der Waals surface area contributed by atoms with Crippen LogP contribution in [0.1, 0.15) is 25.6 Å². The molecule has 0 radical (unpaired) electrons. The number of aromatic nitrogens is 3. The number of rotatable bonds is 3. The number of carbonyl (C=O) groups is 1. The summed E-state index contributed by atoms with van der Waals surface area (Å²) in [4.78, 5) is 18.9. The quantitative estimate of drug-likeness (QED) is 0.712. The number of amides is 1. The molecule has 1 aromatic heterocycles. The van der Waals surface area contributed by atoms with Gasteiger partial charge in [-0.2, -0.15) is 5.10 Å². The number of nitrogens with zero attached hydrogens (tertiary/aromatic N) is 4. The first-order chi connectivity index (χ1) is 11.0. The van der Waals surface area contributed by atoms with Crippen LogP contribution in [-0.2, 0) is 11.3 Å². The number of piperidine rings is 1. The van der Waals surface area contributed by atoms with E-state index in [1.807, 2.05) is 36.1 Å². The van der Waals surface area contributed by atoms with Gasteiger partial charge in [0.1, 0.15) is 12.4 Å². The highest BCUT2D eigenvalue weighted by Crippen LogP contribution is 2.19. The van der Waals surface area contributed by atoms with Gasteiger partial charge in [-0.1, -0.05) is 19.1 Å². The summed E-state index contributed by atoms with van der Waals surface area (Å²) < 4.78 is 2.89. The van der Waals surface area contributed by atoms with Crippen LogP contribution in [0.2, 0.25) is 0 Å². The van der Waals surface area contributed by atoms with Gasteiger partial charge in [-0.25, -0.2) is 9.67 Å². The third-order valence-electron chi connectivity index (χ3n) is 4.38. The predicted molar refractivity (Wildman–Crippen MR) is 97.9 cm³/mol. The molecule has 0 N–H and O–H groups in total. The molecule has 2 aromatic rings. The van der Waals surface area contributed by atoms with Crippen molar-refractivity contribution in [2.24, 2.45) is 5.92 Å². The summed E-state index contributed by atoms with van der Waals surface area (Å²) in [6.07, 6.45) is 2.19. The molecular weight excluding hydrogens is 403 g/mol. The van der Waals surface area contributed by atoms with Gasteiger partial charge in [0.15, 0.2) is 5.82 Å². The average Bonchev–Trinajstić information content (AvgIpc) is 2.89. The summed E-state index contributed by atoms with van der Waals surface area (Å²) in [6.45, 7) is 6.14. The van der Waals surface area contributed by atoms with Crippen molar-refractivity contribution in [1.82, 2.24) is 19.7 Å². The van der Waals surface area contributed by atoms with E-state index in [1.165, 1.54) is 3.57 Å². The molecule has 1 aliphatic heterocycles. The summed E-state index contributed by atoms with van der Waals surface area (Å²) >= 11 is 2.27. The van der Waals surface area contributed by atoms with Gasteiger partial charge in [-0.3, -0.25) is 4.79 Å². The standard InChI is InChI=1S/C17H21IN4O/c1-12-7-9-21(10-8-12)16(23)11-22-13(2)19-17(20-22)14-3-5-15(18)6-4-14/h3-6,12H,7-11H2,1-2H3. The lowest BCUT2D eigenvalue weighted by atomic mass is 9.99. The Kier molecular flexibility index (Phi) is 4.99. The fraction of sp³-hybridized carbons (Fsp3) is 0.471. The maximum absolute atomic E-state index is 12.5. The second kappa shape index (κ2) is 6.98. The molecule has 6 heteroatoms. The number of likely N-dealkylation sites (tertiary alicyclic amines) is 1. The minimum absolute atomic E-state index is 0.138. The van der Waals surface area contributed by atoms with E-state index in [0.29, 0.717) is 5.82 Å². The van der Waals surface area contributed by atoms with Crippen LogP contribution in [0.15, 0.2) is 24.3 Å². The van der Waals surface area contributed by atoms with Gasteiger partial charge < -0.3 is 4.90 Å². The van der Waals surface area contributed by atoms with Gasteiger partial charge in [0.25, 0.3) is 0 Å². The summed E-state index contributed by atoms with van der Waals surface area (Å²) in [5.41, 5.74) is 0.978. The molecule has 0 aliphatic carbocycles. The molecule has 1 aromatic carbocycles. The molecule has 2 heterocycles. The second-order valence-electron chi connectivity index (χ2n) is 6.21. The highest BCUT2D eigenvalue weighted by atomic mass is 127. The van der Waals surface area contributed by atoms with Crippen LogP contribution in [0, 0.1) is 16.4 Å². The SMILES string of the molecule is Cc1nc(-c2ccc(I)cc2)nn1CC(=O)N1CCC(C)CC1. The summed E-state index contributed by atoms with van der Waals surface area (Å²) in [5, 5.41) is 4.52. The molecule has 1 amide bonds. The van der Waals surface area contributed by atoms with Crippen LogP contribution < -0.4 is 0 Å². The molecule has 0 bridgehead atoms. The minimum atomic E-state index is 0.138. The lowest BCUT2D eigenvalue weighted by molar-refractivity contribution is -0.133. The Balaban J connectivity index is 1.71. The van der Waals surface area contributed by atoms with Gasteiger partial charge in [0, 0.05) is 22.2 Å². The second-order valence-corrected chi connectivity index (χ2v) is 7.46. The van der Waals surface area contributed by atoms with E-state index in [4.69, 9.17) is 0 Å². The zero-order valence-electron chi connectivity index (χ0n) is 13.5. The third-order valence-corrected chi connectivity index (χ3v) is 5.10. The van der Waals surface area contributed by atoms with Crippen molar-refractivity contribution in [3.8, 4) is 11.4 Å². The smallest absolute Gasteiger partial charge is 0.244 e. The van der Waals surface area contributed by atoms with Crippen LogP contribution in [0.5, 0.6) is 0 Å². The molecule has 1 fully saturated rings. The van der Waals surface area contributed by atoms with E-state index in [9.17, 15) is 4.79 Å². The van der Waals surface area contributed by atoms with Crippen molar-refractivity contribution in [3.05, 3.63) is 33.7 Å². The minimum Gasteiger partial charge on any atom is -0.341 e. The molecule has 0 saturated carbocycles. The van der Waals surface area contributed by atoms with E-state index in [-0.39, 0.29) is 12.5 Å². The summed E-state index contributed by atoms with van der Waals surface area (Å²) in [5.74, 6) is 2.31. The Morgan fingerprint density at radius 1 is 1.26 bits per heavy atom. The highest BCUT2D eigenvalue weighted by Gasteiger charge is 2.21. The molecule has 0 atom stereocenters. The number of hydrogen-bond donors (Lipinski definition) is 0. The van der Waals surface area contributed by atoms with Crippen molar-refractivity contribution >= 4 is 28.5 Å². The normalized spacial score (nSPS) is 15.9. The predicted octanol–water partition coefficient (Wildman–Crippen LogP) is 3.12. The van der Waals surface area contributed by atoms with Crippen LogP contribution in [0.25, 0.3) is 11.4 Å². The van der Waals surface area contributed by atoms with Crippen LogP contribution in [0.4, 0.5) is 0 Å². The first-order valence-electron chi connectivity index (χ1n) is 7.98. The largest absolute Gasteiger partial charge is 0.341 e. The van der Waals surface area contributed by atoms with Gasteiger partial charge in [0.05, 0.1) is 0 Å². The van der Waals surface area contributed by atoms with Gasteiger partial charge >= 0.3 is 0 Å². The number of hydrogen-bond acceptors (Lipinski definition) is 3. The first-order valence-corrected chi connectivity index (χ1v) is 9.06. The van der Waals surface area contributed by atoms with Gasteiger partial charge in [-0.15, -0.1) is 0 Å². The molecule has 1 saturated heterocycles. The summed E-state index contributed by atoms with van der Waals surface area (Å²) in [7, 11) is 0.